The number of ether oxygens (including phenoxy) is 1. The Morgan fingerprint density at radius 3 is 2.58 bits per heavy atom. The Balaban J connectivity index is 1.56. The number of rotatable bonds is 1. The Bertz CT molecular complexity index is 573. The van der Waals surface area contributed by atoms with Crippen molar-refractivity contribution < 1.29 is 9.53 Å². The summed E-state index contributed by atoms with van der Waals surface area (Å²) >= 11 is 0. The minimum absolute atomic E-state index is 0.0991. The largest absolute Gasteiger partial charge is 0.463 e. The van der Waals surface area contributed by atoms with Crippen LogP contribution in [-0.2, 0) is 9.53 Å². The first-order valence-electron chi connectivity index (χ1n) is 10.2. The van der Waals surface area contributed by atoms with Crippen LogP contribution in [-0.4, -0.2) is 12.1 Å². The van der Waals surface area contributed by atoms with Crippen LogP contribution >= 0.6 is 0 Å². The molecule has 5 atom stereocenters. The van der Waals surface area contributed by atoms with Gasteiger partial charge in [0.25, 0.3) is 0 Å². The van der Waals surface area contributed by atoms with E-state index >= 15 is 0 Å². The lowest BCUT2D eigenvalue weighted by molar-refractivity contribution is -0.154. The SMILES string of the molecule is CC(=O)OC1CCC2(C)C(CCC3C4=C(CCC32)C(C)(C)CC4)C1. The van der Waals surface area contributed by atoms with Gasteiger partial charge in [0.2, 0.25) is 0 Å². The van der Waals surface area contributed by atoms with E-state index in [-0.39, 0.29) is 12.1 Å². The summed E-state index contributed by atoms with van der Waals surface area (Å²) in [5.74, 6) is 2.40. The van der Waals surface area contributed by atoms with E-state index in [1.165, 1.54) is 44.9 Å². The maximum Gasteiger partial charge on any atom is 0.302 e. The number of allylic oxidation sites excluding steroid dienone is 2. The van der Waals surface area contributed by atoms with E-state index in [2.05, 4.69) is 20.8 Å². The van der Waals surface area contributed by atoms with Crippen molar-refractivity contribution in [2.75, 3.05) is 0 Å². The quantitative estimate of drug-likeness (QED) is 0.458. The Morgan fingerprint density at radius 1 is 1.04 bits per heavy atom. The Hall–Kier alpha value is -0.790. The molecule has 134 valence electrons. The number of fused-ring (bicyclic) bond motifs is 4. The van der Waals surface area contributed by atoms with Crippen LogP contribution in [0.25, 0.3) is 0 Å². The summed E-state index contributed by atoms with van der Waals surface area (Å²) in [5.41, 5.74) is 4.65. The number of carbonyl (C=O) groups excluding carboxylic acids is 1. The van der Waals surface area contributed by atoms with Gasteiger partial charge in [0.1, 0.15) is 6.10 Å². The Labute approximate surface area is 147 Å². The van der Waals surface area contributed by atoms with Gasteiger partial charge in [-0.25, -0.2) is 0 Å². The molecule has 2 heteroatoms. The second-order valence-corrected chi connectivity index (χ2v) is 9.93. The minimum atomic E-state index is -0.0991. The van der Waals surface area contributed by atoms with Gasteiger partial charge in [-0.05, 0) is 86.4 Å². The third-order valence-corrected chi connectivity index (χ3v) is 8.35. The van der Waals surface area contributed by atoms with E-state index in [1.807, 2.05) is 11.1 Å². The molecule has 0 heterocycles. The van der Waals surface area contributed by atoms with Crippen molar-refractivity contribution in [2.45, 2.75) is 91.6 Å². The van der Waals surface area contributed by atoms with Crippen LogP contribution in [0.5, 0.6) is 0 Å². The summed E-state index contributed by atoms with van der Waals surface area (Å²) in [4.78, 5) is 11.3. The van der Waals surface area contributed by atoms with Gasteiger partial charge in [0.15, 0.2) is 0 Å². The smallest absolute Gasteiger partial charge is 0.302 e. The Kier molecular flexibility index (Phi) is 3.89. The second kappa shape index (κ2) is 5.61. The molecule has 0 aromatic rings. The lowest BCUT2D eigenvalue weighted by Crippen LogP contribution is -2.49. The molecule has 4 aliphatic rings. The van der Waals surface area contributed by atoms with Gasteiger partial charge in [-0.15, -0.1) is 0 Å². The summed E-state index contributed by atoms with van der Waals surface area (Å²) in [6, 6.07) is 0. The predicted molar refractivity (Wildman–Crippen MR) is 96.5 cm³/mol. The molecule has 0 radical (unpaired) electrons. The van der Waals surface area contributed by atoms with Gasteiger partial charge >= 0.3 is 5.97 Å². The summed E-state index contributed by atoms with van der Waals surface area (Å²) in [5, 5.41) is 0. The highest BCUT2D eigenvalue weighted by molar-refractivity contribution is 5.66. The molecule has 4 aliphatic carbocycles. The molecule has 2 saturated carbocycles. The lowest BCUT2D eigenvalue weighted by Gasteiger charge is -2.57. The van der Waals surface area contributed by atoms with Crippen molar-refractivity contribution in [1.82, 2.24) is 0 Å². The molecule has 0 bridgehead atoms. The van der Waals surface area contributed by atoms with Gasteiger partial charge < -0.3 is 4.74 Å². The van der Waals surface area contributed by atoms with E-state index < -0.39 is 0 Å². The molecule has 5 unspecified atom stereocenters. The third-order valence-electron chi connectivity index (χ3n) is 8.35. The molecule has 0 aromatic carbocycles. The average Bonchev–Trinajstić information content (AvgIpc) is 2.83. The summed E-state index contributed by atoms with van der Waals surface area (Å²) in [7, 11) is 0. The first-order valence-corrected chi connectivity index (χ1v) is 10.2. The summed E-state index contributed by atoms with van der Waals surface area (Å²) in [6.07, 6.45) is 11.8. The average molecular weight is 331 g/mol. The zero-order valence-corrected chi connectivity index (χ0v) is 16.0. The van der Waals surface area contributed by atoms with Crippen LogP contribution in [0.3, 0.4) is 0 Å². The molecule has 2 nitrogen and oxygen atoms in total. The van der Waals surface area contributed by atoms with Gasteiger partial charge in [0.05, 0.1) is 0 Å². The molecule has 4 rings (SSSR count). The molecule has 0 N–H and O–H groups in total. The van der Waals surface area contributed by atoms with E-state index in [4.69, 9.17) is 4.74 Å². The van der Waals surface area contributed by atoms with Crippen molar-refractivity contribution in [3.05, 3.63) is 11.1 Å². The van der Waals surface area contributed by atoms with Crippen molar-refractivity contribution >= 4 is 5.97 Å². The fraction of sp³-hybridized carbons (Fsp3) is 0.864. The summed E-state index contributed by atoms with van der Waals surface area (Å²) in [6.45, 7) is 9.06. The molecule has 0 aliphatic heterocycles. The molecular weight excluding hydrogens is 296 g/mol. The fourth-order valence-electron chi connectivity index (χ4n) is 7.04. The second-order valence-electron chi connectivity index (χ2n) is 9.93. The van der Waals surface area contributed by atoms with Crippen molar-refractivity contribution in [3.8, 4) is 0 Å². The zero-order valence-electron chi connectivity index (χ0n) is 16.0. The van der Waals surface area contributed by atoms with Crippen LogP contribution in [0.1, 0.15) is 85.5 Å². The molecular formula is C22H34O2. The summed E-state index contributed by atoms with van der Waals surface area (Å²) < 4.78 is 5.57. The monoisotopic (exact) mass is 330 g/mol. The van der Waals surface area contributed by atoms with Crippen molar-refractivity contribution in [2.24, 2.45) is 28.6 Å². The van der Waals surface area contributed by atoms with Crippen LogP contribution in [0.2, 0.25) is 0 Å². The van der Waals surface area contributed by atoms with Gasteiger partial charge in [-0.3, -0.25) is 4.79 Å². The lowest BCUT2D eigenvalue weighted by atomic mass is 9.49. The zero-order chi connectivity index (χ0) is 17.1. The van der Waals surface area contributed by atoms with Crippen LogP contribution in [0, 0.1) is 28.6 Å². The first-order chi connectivity index (χ1) is 11.3. The molecule has 0 spiro atoms. The van der Waals surface area contributed by atoms with Gasteiger partial charge in [-0.2, -0.15) is 0 Å². The molecule has 2 fully saturated rings. The predicted octanol–water partition coefficient (Wildman–Crippen LogP) is 5.66. The van der Waals surface area contributed by atoms with Crippen LogP contribution < -0.4 is 0 Å². The molecule has 24 heavy (non-hydrogen) atoms. The van der Waals surface area contributed by atoms with Gasteiger partial charge in [-0.1, -0.05) is 31.9 Å². The van der Waals surface area contributed by atoms with Crippen molar-refractivity contribution in [1.29, 1.82) is 0 Å². The van der Waals surface area contributed by atoms with Crippen LogP contribution in [0.4, 0.5) is 0 Å². The van der Waals surface area contributed by atoms with E-state index in [0.717, 1.165) is 30.6 Å². The van der Waals surface area contributed by atoms with E-state index in [1.54, 1.807) is 6.92 Å². The number of carbonyl (C=O) groups is 1. The van der Waals surface area contributed by atoms with E-state index in [9.17, 15) is 4.79 Å². The highest BCUT2D eigenvalue weighted by Crippen LogP contribution is 2.63. The Morgan fingerprint density at radius 2 is 1.83 bits per heavy atom. The molecule has 0 saturated heterocycles. The van der Waals surface area contributed by atoms with Crippen molar-refractivity contribution in [3.63, 3.8) is 0 Å². The maximum absolute atomic E-state index is 11.3. The highest BCUT2D eigenvalue weighted by Gasteiger charge is 2.54. The number of hydrogen-bond acceptors (Lipinski definition) is 2. The minimum Gasteiger partial charge on any atom is -0.463 e. The van der Waals surface area contributed by atoms with E-state index in [0.29, 0.717) is 10.8 Å². The third kappa shape index (κ3) is 2.47. The standard InChI is InChI=1S/C22H34O2/c1-14(23)24-16-9-12-22(4)15(13-16)5-6-17-18-10-11-21(2,3)19(18)7-8-20(17)22/h15-17,20H,5-13H2,1-4H3. The number of esters is 1. The highest BCUT2D eigenvalue weighted by atomic mass is 16.5. The molecule has 0 aromatic heterocycles. The van der Waals surface area contributed by atoms with Gasteiger partial charge in [0, 0.05) is 6.92 Å². The number of hydrogen-bond donors (Lipinski definition) is 0. The fourth-order valence-corrected chi connectivity index (χ4v) is 7.04. The van der Waals surface area contributed by atoms with Crippen LogP contribution in [0.15, 0.2) is 11.1 Å². The first kappa shape index (κ1) is 16.7. The topological polar surface area (TPSA) is 26.3 Å². The molecule has 0 amide bonds. The normalized spacial score (nSPS) is 43.7. The maximum atomic E-state index is 11.3.